The summed E-state index contributed by atoms with van der Waals surface area (Å²) in [7, 11) is 0. The van der Waals surface area contributed by atoms with Crippen LogP contribution in [0.3, 0.4) is 0 Å². The van der Waals surface area contributed by atoms with E-state index in [2.05, 4.69) is 5.48 Å². The highest BCUT2D eigenvalue weighted by molar-refractivity contribution is 5.71. The second-order valence-electron chi connectivity index (χ2n) is 2.48. The van der Waals surface area contributed by atoms with Crippen molar-refractivity contribution in [1.82, 2.24) is 5.48 Å². The number of hydroxylamine groups is 1. The number of para-hydroxylation sites is 1. The summed E-state index contributed by atoms with van der Waals surface area (Å²) in [5, 5.41) is 0. The van der Waals surface area contributed by atoms with Crippen LogP contribution in [-0.2, 0) is 4.79 Å². The molecule has 0 fully saturated rings. The Morgan fingerprint density at radius 2 is 1.93 bits per heavy atom. The van der Waals surface area contributed by atoms with Crippen LogP contribution >= 0.6 is 0 Å². The first-order valence-electron chi connectivity index (χ1n) is 4.39. The standard InChI is InChI=1S/C8H9NO2.C2H7N/c1-7(10)9-11-8-5-3-2-4-6-8;1-2-3/h2-6H,1H3,(H,9,10);2-3H2,1H3. The average molecular weight is 196 g/mol. The minimum Gasteiger partial charge on any atom is -0.380 e. The molecule has 1 aromatic rings. The maximum Gasteiger partial charge on any atom is 0.249 e. The minimum absolute atomic E-state index is 0.214. The highest BCUT2D eigenvalue weighted by Crippen LogP contribution is 2.05. The molecule has 1 amide bonds. The lowest BCUT2D eigenvalue weighted by atomic mass is 10.3. The molecule has 0 aliphatic rings. The molecule has 14 heavy (non-hydrogen) atoms. The predicted molar refractivity (Wildman–Crippen MR) is 55.6 cm³/mol. The minimum atomic E-state index is -0.214. The molecule has 0 bridgehead atoms. The summed E-state index contributed by atoms with van der Waals surface area (Å²) in [4.78, 5) is 15.2. The third-order valence-electron chi connectivity index (χ3n) is 1.06. The van der Waals surface area contributed by atoms with E-state index in [1.54, 1.807) is 12.1 Å². The van der Waals surface area contributed by atoms with Gasteiger partial charge in [0.15, 0.2) is 5.75 Å². The Kier molecular flexibility index (Phi) is 7.17. The van der Waals surface area contributed by atoms with Crippen LogP contribution in [0.15, 0.2) is 30.3 Å². The number of amides is 1. The summed E-state index contributed by atoms with van der Waals surface area (Å²) >= 11 is 0. The zero-order chi connectivity index (χ0) is 10.8. The van der Waals surface area contributed by atoms with E-state index in [4.69, 9.17) is 10.6 Å². The molecule has 0 radical (unpaired) electrons. The molecule has 0 heterocycles. The topological polar surface area (TPSA) is 64.3 Å². The molecule has 1 rings (SSSR count). The molecule has 0 saturated heterocycles. The van der Waals surface area contributed by atoms with Gasteiger partial charge in [0.05, 0.1) is 0 Å². The molecule has 0 spiro atoms. The van der Waals surface area contributed by atoms with Crippen molar-refractivity contribution >= 4 is 5.91 Å². The van der Waals surface area contributed by atoms with E-state index >= 15 is 0 Å². The quantitative estimate of drug-likeness (QED) is 0.696. The van der Waals surface area contributed by atoms with Crippen molar-refractivity contribution in [3.05, 3.63) is 30.3 Å². The second-order valence-corrected chi connectivity index (χ2v) is 2.48. The largest absolute Gasteiger partial charge is 0.380 e. The lowest BCUT2D eigenvalue weighted by molar-refractivity contribution is -0.125. The van der Waals surface area contributed by atoms with Crippen molar-refractivity contribution in [3.8, 4) is 5.75 Å². The molecule has 0 aromatic heterocycles. The van der Waals surface area contributed by atoms with Crippen LogP contribution in [0.25, 0.3) is 0 Å². The summed E-state index contributed by atoms with van der Waals surface area (Å²) in [6.07, 6.45) is 0. The van der Waals surface area contributed by atoms with E-state index in [1.165, 1.54) is 6.92 Å². The smallest absolute Gasteiger partial charge is 0.249 e. The molecule has 0 saturated carbocycles. The van der Waals surface area contributed by atoms with Crippen LogP contribution in [-0.4, -0.2) is 12.5 Å². The van der Waals surface area contributed by atoms with Crippen LogP contribution in [0.2, 0.25) is 0 Å². The van der Waals surface area contributed by atoms with Gasteiger partial charge in [-0.3, -0.25) is 4.79 Å². The first-order chi connectivity index (χ1) is 6.70. The number of hydrogen-bond acceptors (Lipinski definition) is 3. The Morgan fingerprint density at radius 3 is 2.36 bits per heavy atom. The van der Waals surface area contributed by atoms with Crippen LogP contribution in [0.4, 0.5) is 0 Å². The molecular formula is C10H16N2O2. The van der Waals surface area contributed by atoms with Crippen molar-refractivity contribution < 1.29 is 9.63 Å². The summed E-state index contributed by atoms with van der Waals surface area (Å²) in [5.74, 6) is 0.413. The van der Waals surface area contributed by atoms with Crippen molar-refractivity contribution in [2.24, 2.45) is 5.73 Å². The maximum atomic E-state index is 10.4. The number of rotatable bonds is 2. The SMILES string of the molecule is CC(=O)NOc1ccccc1.CCN. The molecule has 0 unspecified atom stereocenters. The molecule has 1 aromatic carbocycles. The fourth-order valence-corrected chi connectivity index (χ4v) is 0.619. The van der Waals surface area contributed by atoms with Crippen molar-refractivity contribution in [2.45, 2.75) is 13.8 Å². The van der Waals surface area contributed by atoms with Crippen molar-refractivity contribution in [1.29, 1.82) is 0 Å². The fraction of sp³-hybridized carbons (Fsp3) is 0.300. The summed E-state index contributed by atoms with van der Waals surface area (Å²) < 4.78 is 0. The van der Waals surface area contributed by atoms with Gasteiger partial charge in [0, 0.05) is 6.92 Å². The molecule has 3 N–H and O–H groups in total. The zero-order valence-electron chi connectivity index (χ0n) is 8.49. The first kappa shape index (κ1) is 12.4. The van der Waals surface area contributed by atoms with Gasteiger partial charge in [-0.05, 0) is 18.7 Å². The molecule has 0 atom stereocenters. The van der Waals surface area contributed by atoms with Crippen molar-refractivity contribution in [2.75, 3.05) is 6.54 Å². The van der Waals surface area contributed by atoms with E-state index < -0.39 is 0 Å². The average Bonchev–Trinajstić information content (AvgIpc) is 2.18. The fourth-order valence-electron chi connectivity index (χ4n) is 0.619. The van der Waals surface area contributed by atoms with Crippen LogP contribution in [0, 0.1) is 0 Å². The third-order valence-corrected chi connectivity index (χ3v) is 1.06. The van der Waals surface area contributed by atoms with E-state index in [0.29, 0.717) is 5.75 Å². The Hall–Kier alpha value is -1.55. The Balaban J connectivity index is 0.000000500. The van der Waals surface area contributed by atoms with Crippen LogP contribution in [0.1, 0.15) is 13.8 Å². The maximum absolute atomic E-state index is 10.4. The number of nitrogens with two attached hydrogens (primary N) is 1. The highest BCUT2D eigenvalue weighted by Gasteiger charge is 1.91. The van der Waals surface area contributed by atoms with Gasteiger partial charge in [-0.2, -0.15) is 5.48 Å². The number of nitrogens with one attached hydrogen (secondary N) is 1. The molecule has 4 heteroatoms. The van der Waals surface area contributed by atoms with Gasteiger partial charge in [-0.1, -0.05) is 25.1 Å². The van der Waals surface area contributed by atoms with E-state index in [0.717, 1.165) is 6.54 Å². The zero-order valence-corrected chi connectivity index (χ0v) is 8.49. The van der Waals surface area contributed by atoms with Gasteiger partial charge in [-0.15, -0.1) is 0 Å². The van der Waals surface area contributed by atoms with E-state index in [1.807, 2.05) is 25.1 Å². The molecule has 78 valence electrons. The summed E-state index contributed by atoms with van der Waals surface area (Å²) in [6.45, 7) is 4.04. The van der Waals surface area contributed by atoms with Gasteiger partial charge in [0.2, 0.25) is 5.91 Å². The Labute approximate surface area is 84.0 Å². The third kappa shape index (κ3) is 7.12. The van der Waals surface area contributed by atoms with Crippen molar-refractivity contribution in [3.63, 3.8) is 0 Å². The molecule has 0 aliphatic carbocycles. The highest BCUT2D eigenvalue weighted by atomic mass is 16.7. The van der Waals surface area contributed by atoms with Gasteiger partial charge >= 0.3 is 0 Å². The van der Waals surface area contributed by atoms with Gasteiger partial charge < -0.3 is 10.6 Å². The van der Waals surface area contributed by atoms with Gasteiger partial charge in [0.25, 0.3) is 0 Å². The number of hydrogen-bond donors (Lipinski definition) is 2. The normalized spacial score (nSPS) is 8.21. The Morgan fingerprint density at radius 1 is 1.43 bits per heavy atom. The summed E-state index contributed by atoms with van der Waals surface area (Å²) in [6, 6.07) is 9.06. The predicted octanol–water partition coefficient (Wildman–Crippen LogP) is 1.08. The first-order valence-corrected chi connectivity index (χ1v) is 4.39. The lowest BCUT2D eigenvalue weighted by Crippen LogP contribution is -2.23. The lowest BCUT2D eigenvalue weighted by Gasteiger charge is -2.02. The van der Waals surface area contributed by atoms with E-state index in [9.17, 15) is 4.79 Å². The monoisotopic (exact) mass is 196 g/mol. The molecular weight excluding hydrogens is 180 g/mol. The van der Waals surface area contributed by atoms with Gasteiger partial charge in [-0.25, -0.2) is 0 Å². The molecule has 4 nitrogen and oxygen atoms in total. The number of carbonyl (C=O) groups excluding carboxylic acids is 1. The molecule has 0 aliphatic heterocycles. The van der Waals surface area contributed by atoms with Crippen LogP contribution < -0.4 is 16.1 Å². The number of carbonyl (C=O) groups is 1. The second kappa shape index (κ2) is 8.07. The summed E-state index contributed by atoms with van der Waals surface area (Å²) in [5.41, 5.74) is 7.07. The Bertz CT molecular complexity index is 250. The van der Waals surface area contributed by atoms with E-state index in [-0.39, 0.29) is 5.91 Å². The number of benzene rings is 1. The van der Waals surface area contributed by atoms with Gasteiger partial charge in [0.1, 0.15) is 0 Å². The van der Waals surface area contributed by atoms with Crippen LogP contribution in [0.5, 0.6) is 5.75 Å².